The van der Waals surface area contributed by atoms with E-state index in [-0.39, 0.29) is 20.1 Å². The van der Waals surface area contributed by atoms with Crippen molar-refractivity contribution in [3.63, 3.8) is 0 Å². The van der Waals surface area contributed by atoms with Crippen LogP contribution in [-0.4, -0.2) is 15.0 Å². The van der Waals surface area contributed by atoms with Crippen LogP contribution in [0, 0.1) is 50.3 Å². The molecule has 0 bridgehead atoms. The predicted molar refractivity (Wildman–Crippen MR) is 256 cm³/mol. The molecule has 0 unspecified atom stereocenters. The van der Waals surface area contributed by atoms with Gasteiger partial charge in [-0.3, -0.25) is 0 Å². The third kappa shape index (κ3) is 10.2. The molecular weight excluding hydrogens is 957 g/mol. The molecule has 0 aliphatic rings. The zero-order valence-corrected chi connectivity index (χ0v) is 38.5. The Balaban J connectivity index is 0.00000560. The number of benzene rings is 6. The Labute approximate surface area is 390 Å². The van der Waals surface area contributed by atoms with Gasteiger partial charge in [-0.25, -0.2) is 0 Å². The van der Waals surface area contributed by atoms with Gasteiger partial charge in [0.15, 0.2) is 0 Å². The first kappa shape index (κ1) is 43.6. The van der Waals surface area contributed by atoms with Crippen molar-refractivity contribution >= 4 is 0 Å². The maximum atomic E-state index is 9.61. The molecule has 9 rings (SSSR count). The average Bonchev–Trinajstić information content (AvgIpc) is 3.33. The molecular formula is C59H45IrN4. The van der Waals surface area contributed by atoms with Crippen LogP contribution in [0.2, 0.25) is 0 Å². The molecule has 0 saturated heterocycles. The number of aromatic nitrogens is 3. The molecule has 3 heterocycles. The maximum Gasteiger partial charge on any atom is 3.00 e. The predicted octanol–water partition coefficient (Wildman–Crippen LogP) is 13.6. The van der Waals surface area contributed by atoms with Crippen molar-refractivity contribution in [3.8, 4) is 73.2 Å². The smallest absolute Gasteiger partial charge is 0.305 e. The van der Waals surface area contributed by atoms with Crippen LogP contribution in [0.1, 0.15) is 44.5 Å². The summed E-state index contributed by atoms with van der Waals surface area (Å²) in [5, 5.41) is 9.61. The SMILES string of the molecule is Cc1ccc(-c2[c-]cc(-c3ccccc3-c3cc(CCc4c[c-]c(-c5cc(C)ccn5)cc4)cc(CCc4c[c-]c(-c5cc(C)ccn5)cc4)c3)c(-c3ccc(C#N)cc3)c2)nc1.[Ir+3]. The first-order valence-electron chi connectivity index (χ1n) is 21.4. The van der Waals surface area contributed by atoms with E-state index in [1.807, 2.05) is 68.0 Å². The molecule has 0 fully saturated rings. The first-order valence-corrected chi connectivity index (χ1v) is 21.4. The van der Waals surface area contributed by atoms with E-state index in [4.69, 9.17) is 4.98 Å². The molecule has 0 spiro atoms. The zero-order valence-electron chi connectivity index (χ0n) is 36.1. The third-order valence-electron chi connectivity index (χ3n) is 11.6. The summed E-state index contributed by atoms with van der Waals surface area (Å²) in [6, 6.07) is 66.1. The van der Waals surface area contributed by atoms with Crippen molar-refractivity contribution in [2.75, 3.05) is 0 Å². The summed E-state index contributed by atoms with van der Waals surface area (Å²) in [6.07, 6.45) is 9.15. The fourth-order valence-electron chi connectivity index (χ4n) is 8.12. The Hall–Kier alpha value is -7.09. The molecule has 0 aliphatic heterocycles. The third-order valence-corrected chi connectivity index (χ3v) is 11.6. The second-order valence-electron chi connectivity index (χ2n) is 16.3. The van der Waals surface area contributed by atoms with Crippen LogP contribution in [-0.2, 0) is 45.8 Å². The normalized spacial score (nSPS) is 10.8. The standard InChI is InChI=1S/C59H45N4.Ir/c1-40-28-30-61-58(32-40)49-21-13-43(14-22-49)9-11-46-34-47(12-10-44-15-23-50(24-16-44)59-33-41(2)29-31-62-59)36-52(35-46)53-6-4-5-7-54(53)55-26-25-51(57-27-8-42(3)39-63-57)37-56(55)48-19-17-45(38-60)18-20-48;/h4-8,13-21,23,26-37,39H,9-12H2,1-3H3;/q-3;+3. The van der Waals surface area contributed by atoms with Gasteiger partial charge in [0.25, 0.3) is 0 Å². The van der Waals surface area contributed by atoms with Crippen LogP contribution in [0.3, 0.4) is 0 Å². The van der Waals surface area contributed by atoms with Gasteiger partial charge in [0.2, 0.25) is 0 Å². The monoisotopic (exact) mass is 1000 g/mol. The van der Waals surface area contributed by atoms with E-state index in [1.54, 1.807) is 0 Å². The number of rotatable bonds is 12. The number of pyridine rings is 3. The number of hydrogen-bond donors (Lipinski definition) is 0. The van der Waals surface area contributed by atoms with Crippen LogP contribution in [0.25, 0.3) is 67.2 Å². The van der Waals surface area contributed by atoms with Crippen molar-refractivity contribution in [1.82, 2.24) is 15.0 Å². The van der Waals surface area contributed by atoms with Gasteiger partial charge in [-0.15, -0.1) is 94.5 Å². The number of aryl methyl sites for hydroxylation is 7. The van der Waals surface area contributed by atoms with Crippen molar-refractivity contribution in [1.29, 1.82) is 5.26 Å². The molecule has 3 aromatic heterocycles. The number of hydrogen-bond acceptors (Lipinski definition) is 4. The van der Waals surface area contributed by atoms with Gasteiger partial charge in [0.1, 0.15) is 0 Å². The van der Waals surface area contributed by atoms with Crippen LogP contribution in [0.15, 0.2) is 170 Å². The van der Waals surface area contributed by atoms with E-state index >= 15 is 0 Å². The Morgan fingerprint density at radius 2 is 1.02 bits per heavy atom. The number of nitriles is 1. The zero-order chi connectivity index (χ0) is 43.1. The largest absolute Gasteiger partial charge is 3.00 e. The number of nitrogens with zero attached hydrogens (tertiary/aromatic N) is 4. The minimum atomic E-state index is 0. The molecule has 0 amide bonds. The molecule has 0 saturated carbocycles. The first-order chi connectivity index (χ1) is 30.8. The molecule has 9 aromatic rings. The van der Waals surface area contributed by atoms with E-state index in [0.717, 1.165) is 92.8 Å². The summed E-state index contributed by atoms with van der Waals surface area (Å²) in [5.74, 6) is 0. The fraction of sp³-hybridized carbons (Fsp3) is 0.119. The van der Waals surface area contributed by atoms with Crippen LogP contribution in [0.5, 0.6) is 0 Å². The molecule has 0 atom stereocenters. The average molecular weight is 1000 g/mol. The summed E-state index contributed by atoms with van der Waals surface area (Å²) < 4.78 is 0. The van der Waals surface area contributed by atoms with E-state index < -0.39 is 0 Å². The van der Waals surface area contributed by atoms with Crippen molar-refractivity contribution in [3.05, 3.63) is 233 Å². The van der Waals surface area contributed by atoms with Crippen LogP contribution in [0.4, 0.5) is 0 Å². The molecule has 0 aliphatic carbocycles. The van der Waals surface area contributed by atoms with Gasteiger partial charge in [-0.05, 0) is 108 Å². The van der Waals surface area contributed by atoms with Gasteiger partial charge in [0.05, 0.1) is 11.6 Å². The summed E-state index contributed by atoms with van der Waals surface area (Å²) >= 11 is 0. The van der Waals surface area contributed by atoms with Gasteiger partial charge < -0.3 is 15.0 Å². The van der Waals surface area contributed by atoms with E-state index in [2.05, 4.69) is 157 Å². The van der Waals surface area contributed by atoms with Crippen molar-refractivity contribution < 1.29 is 20.1 Å². The summed E-state index contributed by atoms with van der Waals surface area (Å²) in [4.78, 5) is 13.9. The van der Waals surface area contributed by atoms with Gasteiger partial charge in [-0.2, -0.15) is 5.26 Å². The molecule has 64 heavy (non-hydrogen) atoms. The summed E-state index contributed by atoms with van der Waals surface area (Å²) in [7, 11) is 0. The maximum absolute atomic E-state index is 9.61. The molecule has 4 nitrogen and oxygen atoms in total. The van der Waals surface area contributed by atoms with E-state index in [0.29, 0.717) is 5.56 Å². The topological polar surface area (TPSA) is 62.5 Å². The molecule has 6 aromatic carbocycles. The second kappa shape index (κ2) is 20.0. The van der Waals surface area contributed by atoms with Crippen molar-refractivity contribution in [2.45, 2.75) is 46.5 Å². The van der Waals surface area contributed by atoms with Crippen LogP contribution < -0.4 is 0 Å². The quantitative estimate of drug-likeness (QED) is 0.114. The molecule has 310 valence electrons. The summed E-state index contributed by atoms with van der Waals surface area (Å²) in [5.41, 5.74) is 21.4. The Morgan fingerprint density at radius 1 is 0.438 bits per heavy atom. The molecule has 0 N–H and O–H groups in total. The fourth-order valence-corrected chi connectivity index (χ4v) is 8.12. The van der Waals surface area contributed by atoms with Gasteiger partial charge in [-0.1, -0.05) is 120 Å². The Morgan fingerprint density at radius 3 is 1.55 bits per heavy atom. The van der Waals surface area contributed by atoms with Crippen LogP contribution >= 0.6 is 0 Å². The van der Waals surface area contributed by atoms with E-state index in [9.17, 15) is 5.26 Å². The summed E-state index contributed by atoms with van der Waals surface area (Å²) in [6.45, 7) is 6.22. The minimum absolute atomic E-state index is 0. The Kier molecular flexibility index (Phi) is 13.6. The van der Waals surface area contributed by atoms with Crippen molar-refractivity contribution in [2.24, 2.45) is 0 Å². The molecule has 0 radical (unpaired) electrons. The van der Waals surface area contributed by atoms with Gasteiger partial charge >= 0.3 is 20.1 Å². The molecule has 5 heteroatoms. The van der Waals surface area contributed by atoms with Gasteiger partial charge in [0, 0.05) is 18.6 Å². The second-order valence-corrected chi connectivity index (χ2v) is 16.3. The van der Waals surface area contributed by atoms with E-state index in [1.165, 1.54) is 38.9 Å². The minimum Gasteiger partial charge on any atom is -0.305 e. The Bertz CT molecular complexity index is 2960.